The number of nitrogens with zero attached hydrogens (tertiary/aromatic N) is 3. The highest BCUT2D eigenvalue weighted by Gasteiger charge is 2.18. The van der Waals surface area contributed by atoms with Crippen LogP contribution in [0.25, 0.3) is 0 Å². The summed E-state index contributed by atoms with van der Waals surface area (Å²) in [5.74, 6) is 0.160. The molecule has 0 bridgehead atoms. The molecule has 2 rings (SSSR count). The molecular weight excluding hydrogens is 290 g/mol. The summed E-state index contributed by atoms with van der Waals surface area (Å²) in [6.45, 7) is 5.56. The number of ether oxygens (including phenoxy) is 1. The van der Waals surface area contributed by atoms with Crippen LogP contribution in [0.4, 0.5) is 0 Å². The van der Waals surface area contributed by atoms with E-state index in [1.54, 1.807) is 49.5 Å². The smallest absolute Gasteiger partial charge is 0.272 e. The second-order valence-electron chi connectivity index (χ2n) is 5.36. The van der Waals surface area contributed by atoms with Crippen LogP contribution >= 0.6 is 0 Å². The first-order valence-corrected chi connectivity index (χ1v) is 7.44. The number of hydrogen-bond donors (Lipinski definition) is 0. The summed E-state index contributed by atoms with van der Waals surface area (Å²) in [4.78, 5) is 17.1. The van der Waals surface area contributed by atoms with E-state index in [1.165, 1.54) is 4.57 Å². The first-order valence-electron chi connectivity index (χ1n) is 7.44. The Kier molecular flexibility index (Phi) is 5.32. The minimum Gasteiger partial charge on any atom is -0.479 e. The lowest BCUT2D eigenvalue weighted by Crippen LogP contribution is -2.36. The summed E-state index contributed by atoms with van der Waals surface area (Å²) >= 11 is 0. The number of rotatable bonds is 4. The van der Waals surface area contributed by atoms with Crippen molar-refractivity contribution in [1.82, 2.24) is 4.57 Å². The Morgan fingerprint density at radius 3 is 2.57 bits per heavy atom. The van der Waals surface area contributed by atoms with Gasteiger partial charge in [0.15, 0.2) is 6.10 Å². The maximum Gasteiger partial charge on any atom is 0.272 e. The summed E-state index contributed by atoms with van der Waals surface area (Å²) in [6, 6.07) is 14.4. The predicted molar refractivity (Wildman–Crippen MR) is 87.0 cm³/mol. The van der Waals surface area contributed by atoms with Crippen LogP contribution in [-0.4, -0.2) is 22.6 Å². The Labute approximate surface area is 135 Å². The van der Waals surface area contributed by atoms with Gasteiger partial charge in [-0.15, -0.1) is 0 Å². The van der Waals surface area contributed by atoms with Crippen molar-refractivity contribution in [2.75, 3.05) is 0 Å². The lowest BCUT2D eigenvalue weighted by Gasteiger charge is -2.16. The molecule has 5 nitrogen and oxygen atoms in total. The van der Waals surface area contributed by atoms with Crippen molar-refractivity contribution in [2.45, 2.75) is 32.9 Å². The number of para-hydroxylation sites is 1. The minimum atomic E-state index is -0.738. The molecule has 1 aromatic heterocycles. The molecule has 1 heterocycles. The first kappa shape index (κ1) is 16.5. The molecule has 0 aliphatic carbocycles. The van der Waals surface area contributed by atoms with Gasteiger partial charge in [0.05, 0.1) is 5.56 Å². The molecule has 0 saturated carbocycles. The summed E-state index contributed by atoms with van der Waals surface area (Å²) in [5, 5.41) is 9.10. The average Bonchev–Trinajstić information content (AvgIpc) is 2.54. The number of benzene rings is 1. The van der Waals surface area contributed by atoms with Crippen LogP contribution in [0.3, 0.4) is 0 Å². The molecule has 2 aromatic rings. The highest BCUT2D eigenvalue weighted by molar-refractivity contribution is 5.83. The topological polar surface area (TPSA) is 67.4 Å². The van der Waals surface area contributed by atoms with Crippen LogP contribution < -0.4 is 10.2 Å². The molecular formula is C18H19N3O2. The van der Waals surface area contributed by atoms with E-state index >= 15 is 0 Å². The fourth-order valence-electron chi connectivity index (χ4n) is 2.09. The molecule has 1 atom stereocenters. The number of pyridine rings is 1. The van der Waals surface area contributed by atoms with E-state index in [1.807, 2.05) is 19.9 Å². The number of carbonyl (C=O) groups excluding carboxylic acids is 1. The zero-order valence-corrected chi connectivity index (χ0v) is 13.4. The van der Waals surface area contributed by atoms with Crippen molar-refractivity contribution in [3.63, 3.8) is 0 Å². The predicted octanol–water partition coefficient (Wildman–Crippen LogP) is 2.78. The Morgan fingerprint density at radius 1 is 1.17 bits per heavy atom. The largest absolute Gasteiger partial charge is 0.479 e. The van der Waals surface area contributed by atoms with Crippen LogP contribution in [0.5, 0.6) is 5.75 Å². The second-order valence-corrected chi connectivity index (χ2v) is 5.36. The SMILES string of the molecule is CC(C)N=c1ccccn1C(=O)C(C)Oc1ccccc1C#N. The van der Waals surface area contributed by atoms with E-state index in [-0.39, 0.29) is 11.9 Å². The van der Waals surface area contributed by atoms with Gasteiger partial charge in [0.1, 0.15) is 17.3 Å². The van der Waals surface area contributed by atoms with Gasteiger partial charge in [-0.05, 0) is 45.0 Å². The summed E-state index contributed by atoms with van der Waals surface area (Å²) < 4.78 is 7.15. The molecule has 0 spiro atoms. The van der Waals surface area contributed by atoms with Gasteiger partial charge in [0.25, 0.3) is 5.91 Å². The van der Waals surface area contributed by atoms with Gasteiger partial charge in [-0.1, -0.05) is 18.2 Å². The van der Waals surface area contributed by atoms with E-state index in [0.717, 1.165) is 0 Å². The van der Waals surface area contributed by atoms with E-state index in [2.05, 4.69) is 11.1 Å². The monoisotopic (exact) mass is 309 g/mol. The molecule has 0 N–H and O–H groups in total. The standard InChI is InChI=1S/C18H19N3O2/c1-13(2)20-17-10-6-7-11-21(17)18(22)14(3)23-16-9-5-4-8-15(16)12-19/h4-11,13-14H,1-3H3. The zero-order chi connectivity index (χ0) is 16.8. The number of hydrogen-bond acceptors (Lipinski definition) is 4. The molecule has 0 aliphatic heterocycles. The third-order valence-electron chi connectivity index (χ3n) is 3.13. The maximum atomic E-state index is 12.6. The maximum absolute atomic E-state index is 12.6. The molecule has 23 heavy (non-hydrogen) atoms. The van der Waals surface area contributed by atoms with Crippen molar-refractivity contribution in [3.05, 3.63) is 59.7 Å². The van der Waals surface area contributed by atoms with Crippen molar-refractivity contribution in [2.24, 2.45) is 4.99 Å². The van der Waals surface area contributed by atoms with Crippen LogP contribution in [0.2, 0.25) is 0 Å². The third kappa shape index (κ3) is 4.07. The molecule has 0 aliphatic rings. The quantitative estimate of drug-likeness (QED) is 0.872. The molecule has 0 radical (unpaired) electrons. The lowest BCUT2D eigenvalue weighted by molar-refractivity contribution is 0.0721. The molecule has 0 fully saturated rings. The highest BCUT2D eigenvalue weighted by Crippen LogP contribution is 2.18. The van der Waals surface area contributed by atoms with Crippen molar-refractivity contribution in [3.8, 4) is 11.8 Å². The average molecular weight is 309 g/mol. The molecule has 118 valence electrons. The van der Waals surface area contributed by atoms with Gasteiger partial charge in [0, 0.05) is 12.2 Å². The second kappa shape index (κ2) is 7.41. The van der Waals surface area contributed by atoms with Gasteiger partial charge < -0.3 is 4.74 Å². The number of carbonyl (C=O) groups is 1. The highest BCUT2D eigenvalue weighted by atomic mass is 16.5. The minimum absolute atomic E-state index is 0.0759. The van der Waals surface area contributed by atoms with Gasteiger partial charge in [-0.25, -0.2) is 0 Å². The van der Waals surface area contributed by atoms with Crippen LogP contribution in [0, 0.1) is 11.3 Å². The molecule has 5 heteroatoms. The zero-order valence-electron chi connectivity index (χ0n) is 13.4. The van der Waals surface area contributed by atoms with Gasteiger partial charge in [0.2, 0.25) is 0 Å². The first-order chi connectivity index (χ1) is 11.0. The Bertz CT molecular complexity index is 800. The van der Waals surface area contributed by atoms with Crippen molar-refractivity contribution in [1.29, 1.82) is 5.26 Å². The lowest BCUT2D eigenvalue weighted by atomic mass is 10.2. The van der Waals surface area contributed by atoms with Crippen LogP contribution in [0.1, 0.15) is 31.1 Å². The van der Waals surface area contributed by atoms with Crippen LogP contribution in [-0.2, 0) is 0 Å². The summed E-state index contributed by atoms with van der Waals surface area (Å²) in [7, 11) is 0. The summed E-state index contributed by atoms with van der Waals surface area (Å²) in [6.07, 6.45) is 0.928. The Balaban J connectivity index is 2.30. The van der Waals surface area contributed by atoms with E-state index in [0.29, 0.717) is 16.8 Å². The number of aromatic nitrogens is 1. The van der Waals surface area contributed by atoms with Gasteiger partial charge in [-0.2, -0.15) is 5.26 Å². The van der Waals surface area contributed by atoms with E-state index < -0.39 is 6.10 Å². The molecule has 1 aromatic carbocycles. The third-order valence-corrected chi connectivity index (χ3v) is 3.13. The summed E-state index contributed by atoms with van der Waals surface area (Å²) in [5.41, 5.74) is 0.980. The van der Waals surface area contributed by atoms with Crippen molar-refractivity contribution < 1.29 is 9.53 Å². The normalized spacial score (nSPS) is 12.7. The van der Waals surface area contributed by atoms with Crippen LogP contribution in [0.15, 0.2) is 53.7 Å². The Morgan fingerprint density at radius 2 is 1.87 bits per heavy atom. The number of nitriles is 1. The fraction of sp³-hybridized carbons (Fsp3) is 0.278. The fourth-order valence-corrected chi connectivity index (χ4v) is 2.09. The van der Waals surface area contributed by atoms with E-state index in [9.17, 15) is 4.79 Å². The van der Waals surface area contributed by atoms with Gasteiger partial charge >= 0.3 is 0 Å². The van der Waals surface area contributed by atoms with E-state index in [4.69, 9.17) is 10.00 Å². The molecule has 0 amide bonds. The molecule has 1 unspecified atom stereocenters. The Hall–Kier alpha value is -2.87. The van der Waals surface area contributed by atoms with Crippen molar-refractivity contribution >= 4 is 5.91 Å². The van der Waals surface area contributed by atoms with Gasteiger partial charge in [-0.3, -0.25) is 14.4 Å². The molecule has 0 saturated heterocycles.